The van der Waals surface area contributed by atoms with Crippen LogP contribution in [0.25, 0.3) is 0 Å². The molecule has 3 nitrogen and oxygen atoms in total. The SMILES string of the molecule is O=C(O)C1(OC2CCCC2)CCSCC1. The minimum absolute atomic E-state index is 0.198. The van der Waals surface area contributed by atoms with Gasteiger partial charge in [0.2, 0.25) is 0 Å². The average molecular weight is 230 g/mol. The van der Waals surface area contributed by atoms with Crippen molar-refractivity contribution < 1.29 is 14.6 Å². The van der Waals surface area contributed by atoms with Gasteiger partial charge in [-0.15, -0.1) is 0 Å². The number of ether oxygens (including phenoxy) is 1. The van der Waals surface area contributed by atoms with E-state index in [0.29, 0.717) is 12.8 Å². The molecule has 1 N–H and O–H groups in total. The van der Waals surface area contributed by atoms with Crippen molar-refractivity contribution in [2.75, 3.05) is 11.5 Å². The van der Waals surface area contributed by atoms with E-state index in [1.807, 2.05) is 11.8 Å². The Balaban J connectivity index is 2.00. The zero-order valence-corrected chi connectivity index (χ0v) is 9.72. The molecule has 1 heterocycles. The summed E-state index contributed by atoms with van der Waals surface area (Å²) in [6.07, 6.45) is 6.01. The molecular formula is C11H18O3S. The van der Waals surface area contributed by atoms with Crippen LogP contribution in [0.1, 0.15) is 38.5 Å². The summed E-state index contributed by atoms with van der Waals surface area (Å²) in [4.78, 5) is 11.3. The number of hydrogen-bond acceptors (Lipinski definition) is 3. The van der Waals surface area contributed by atoms with Crippen LogP contribution >= 0.6 is 11.8 Å². The first-order chi connectivity index (χ1) is 7.23. The number of aliphatic carboxylic acids is 1. The molecule has 0 amide bonds. The van der Waals surface area contributed by atoms with E-state index in [1.54, 1.807) is 0 Å². The Labute approximate surface area is 94.6 Å². The Bertz CT molecular complexity index is 230. The second kappa shape index (κ2) is 4.74. The highest BCUT2D eigenvalue weighted by Gasteiger charge is 2.43. The van der Waals surface area contributed by atoms with Crippen LogP contribution in [0.15, 0.2) is 0 Å². The van der Waals surface area contributed by atoms with Crippen LogP contribution < -0.4 is 0 Å². The van der Waals surface area contributed by atoms with Gasteiger partial charge in [0.05, 0.1) is 6.10 Å². The molecule has 0 spiro atoms. The minimum atomic E-state index is -0.861. The standard InChI is InChI=1S/C11H18O3S/c12-10(13)11(5-7-15-8-6-11)14-9-3-1-2-4-9/h9H,1-8H2,(H,12,13). The topological polar surface area (TPSA) is 46.5 Å². The van der Waals surface area contributed by atoms with Crippen LogP contribution in [0.5, 0.6) is 0 Å². The average Bonchev–Trinajstić information content (AvgIpc) is 2.71. The van der Waals surface area contributed by atoms with Gasteiger partial charge in [0.25, 0.3) is 0 Å². The third-order valence-corrected chi connectivity index (χ3v) is 4.37. The number of rotatable bonds is 3. The van der Waals surface area contributed by atoms with E-state index < -0.39 is 11.6 Å². The quantitative estimate of drug-likeness (QED) is 0.808. The van der Waals surface area contributed by atoms with Gasteiger partial charge in [0.1, 0.15) is 0 Å². The van der Waals surface area contributed by atoms with E-state index >= 15 is 0 Å². The molecule has 0 bridgehead atoms. The van der Waals surface area contributed by atoms with E-state index in [9.17, 15) is 9.90 Å². The van der Waals surface area contributed by atoms with Gasteiger partial charge in [-0.2, -0.15) is 11.8 Å². The van der Waals surface area contributed by atoms with Gasteiger partial charge in [-0.25, -0.2) is 4.79 Å². The van der Waals surface area contributed by atoms with Crippen molar-refractivity contribution in [1.82, 2.24) is 0 Å². The molecule has 1 saturated heterocycles. The summed E-state index contributed by atoms with van der Waals surface area (Å²) in [6.45, 7) is 0. The van der Waals surface area contributed by atoms with Crippen LogP contribution in [-0.4, -0.2) is 34.3 Å². The maximum absolute atomic E-state index is 11.3. The largest absolute Gasteiger partial charge is 0.479 e. The monoisotopic (exact) mass is 230 g/mol. The van der Waals surface area contributed by atoms with E-state index in [-0.39, 0.29) is 6.10 Å². The molecule has 2 aliphatic rings. The van der Waals surface area contributed by atoms with E-state index in [1.165, 1.54) is 12.8 Å². The van der Waals surface area contributed by atoms with Crippen molar-refractivity contribution in [3.05, 3.63) is 0 Å². The number of hydrogen-bond donors (Lipinski definition) is 1. The van der Waals surface area contributed by atoms with Crippen LogP contribution in [0.4, 0.5) is 0 Å². The minimum Gasteiger partial charge on any atom is -0.479 e. The van der Waals surface area contributed by atoms with Gasteiger partial charge >= 0.3 is 5.97 Å². The lowest BCUT2D eigenvalue weighted by Crippen LogP contribution is -2.46. The molecule has 1 aliphatic heterocycles. The molecule has 4 heteroatoms. The van der Waals surface area contributed by atoms with Gasteiger partial charge in [0, 0.05) is 0 Å². The number of carboxylic acid groups (broad SMARTS) is 1. The molecule has 86 valence electrons. The molecule has 0 aromatic rings. The molecule has 1 aliphatic carbocycles. The van der Waals surface area contributed by atoms with Crippen molar-refractivity contribution in [3.8, 4) is 0 Å². The van der Waals surface area contributed by atoms with Crippen LogP contribution in [0.2, 0.25) is 0 Å². The molecule has 0 unspecified atom stereocenters. The molecular weight excluding hydrogens is 212 g/mol. The lowest BCUT2D eigenvalue weighted by molar-refractivity contribution is -0.175. The summed E-state index contributed by atoms with van der Waals surface area (Å²) in [7, 11) is 0. The van der Waals surface area contributed by atoms with Crippen molar-refractivity contribution in [3.63, 3.8) is 0 Å². The van der Waals surface area contributed by atoms with Crippen molar-refractivity contribution in [2.45, 2.75) is 50.2 Å². The Morgan fingerprint density at radius 1 is 1.27 bits per heavy atom. The van der Waals surface area contributed by atoms with Crippen molar-refractivity contribution >= 4 is 17.7 Å². The molecule has 0 aromatic carbocycles. The normalized spacial score (nSPS) is 26.7. The summed E-state index contributed by atoms with van der Waals surface area (Å²) >= 11 is 1.83. The second-order valence-electron chi connectivity index (χ2n) is 4.44. The van der Waals surface area contributed by atoms with Crippen molar-refractivity contribution in [1.29, 1.82) is 0 Å². The predicted octanol–water partition coefficient (Wildman–Crippen LogP) is 2.30. The predicted molar refractivity (Wildman–Crippen MR) is 60.3 cm³/mol. The van der Waals surface area contributed by atoms with Gasteiger partial charge in [-0.1, -0.05) is 12.8 Å². The third-order valence-electron chi connectivity index (χ3n) is 3.38. The highest BCUT2D eigenvalue weighted by Crippen LogP contribution is 2.35. The van der Waals surface area contributed by atoms with Crippen molar-refractivity contribution in [2.24, 2.45) is 0 Å². The van der Waals surface area contributed by atoms with E-state index in [4.69, 9.17) is 4.74 Å². The van der Waals surface area contributed by atoms with Crippen LogP contribution in [0.3, 0.4) is 0 Å². The molecule has 1 saturated carbocycles. The maximum Gasteiger partial charge on any atom is 0.336 e. The van der Waals surface area contributed by atoms with Crippen LogP contribution in [-0.2, 0) is 9.53 Å². The van der Waals surface area contributed by atoms with Crippen LogP contribution in [0, 0.1) is 0 Å². The first-order valence-electron chi connectivity index (χ1n) is 5.72. The number of thioether (sulfide) groups is 1. The number of carboxylic acids is 1. The fraction of sp³-hybridized carbons (Fsp3) is 0.909. The zero-order chi connectivity index (χ0) is 10.7. The smallest absolute Gasteiger partial charge is 0.336 e. The highest BCUT2D eigenvalue weighted by molar-refractivity contribution is 7.99. The number of carbonyl (C=O) groups is 1. The highest BCUT2D eigenvalue weighted by atomic mass is 32.2. The molecule has 15 heavy (non-hydrogen) atoms. The Morgan fingerprint density at radius 3 is 2.40 bits per heavy atom. The summed E-state index contributed by atoms with van der Waals surface area (Å²) in [5, 5.41) is 9.31. The summed E-state index contributed by atoms with van der Waals surface area (Å²) in [5.74, 6) is 1.08. The zero-order valence-electron chi connectivity index (χ0n) is 8.91. The lowest BCUT2D eigenvalue weighted by atomic mass is 9.96. The molecule has 2 fully saturated rings. The van der Waals surface area contributed by atoms with E-state index in [2.05, 4.69) is 0 Å². The fourth-order valence-electron chi connectivity index (χ4n) is 2.41. The Kier molecular flexibility index (Phi) is 3.57. The first kappa shape index (κ1) is 11.3. The van der Waals surface area contributed by atoms with Gasteiger partial charge in [-0.3, -0.25) is 0 Å². The molecule has 2 rings (SSSR count). The first-order valence-corrected chi connectivity index (χ1v) is 6.87. The summed E-state index contributed by atoms with van der Waals surface area (Å²) < 4.78 is 5.89. The molecule has 0 atom stereocenters. The van der Waals surface area contributed by atoms with Gasteiger partial charge in [-0.05, 0) is 37.2 Å². The Hall–Kier alpha value is -0.220. The Morgan fingerprint density at radius 2 is 1.87 bits per heavy atom. The van der Waals surface area contributed by atoms with Gasteiger partial charge < -0.3 is 9.84 Å². The maximum atomic E-state index is 11.3. The summed E-state index contributed by atoms with van der Waals surface area (Å²) in [6, 6.07) is 0. The lowest BCUT2D eigenvalue weighted by Gasteiger charge is -2.35. The fourth-order valence-corrected chi connectivity index (χ4v) is 3.56. The molecule has 0 aromatic heterocycles. The molecule has 0 radical (unpaired) electrons. The van der Waals surface area contributed by atoms with E-state index in [0.717, 1.165) is 24.3 Å². The second-order valence-corrected chi connectivity index (χ2v) is 5.66. The summed E-state index contributed by atoms with van der Waals surface area (Å²) in [5.41, 5.74) is -0.861. The van der Waals surface area contributed by atoms with Gasteiger partial charge in [0.15, 0.2) is 5.60 Å². The third kappa shape index (κ3) is 2.48.